The molecule has 0 aromatic carbocycles. The summed E-state index contributed by atoms with van der Waals surface area (Å²) >= 11 is 0. The molecule has 0 fully saturated rings. The summed E-state index contributed by atoms with van der Waals surface area (Å²) in [6.07, 6.45) is -7.18. The fourth-order valence-corrected chi connectivity index (χ4v) is 7.30. The molecule has 2 atom stereocenters. The predicted molar refractivity (Wildman–Crippen MR) is 46.2 cm³/mol. The van der Waals surface area contributed by atoms with E-state index in [2.05, 4.69) is 4.52 Å². The van der Waals surface area contributed by atoms with E-state index in [9.17, 15) is 30.0 Å². The zero-order valence-electron chi connectivity index (χ0n) is 6.69. The average molecular weight is 297 g/mol. The molecule has 2 N–H and O–H groups in total. The van der Waals surface area contributed by atoms with Gasteiger partial charge >= 0.3 is 80.8 Å². The Bertz CT molecular complexity index is 300. The van der Waals surface area contributed by atoms with Crippen molar-refractivity contribution in [1.82, 2.24) is 9.72 Å². The van der Waals surface area contributed by atoms with Crippen molar-refractivity contribution < 1.29 is 30.0 Å². The molecule has 0 saturated heterocycles. The van der Waals surface area contributed by atoms with Crippen LogP contribution in [0.1, 0.15) is 0 Å². The van der Waals surface area contributed by atoms with Crippen LogP contribution < -0.4 is 9.72 Å². The standard InChI is InChI=1S/C2H5F7N3P3/c3-2(4,5)1-14(7)10-13(6)11-15(8,9)12-14/h10-11,15H,1H2. The SMILES string of the molecule is FP1NP(F)(CC(F)(F)F)=N[PH](F)(F)N1. The first-order valence-electron chi connectivity index (χ1n) is 3.30. The molecule has 1 rings (SSSR count). The first-order valence-corrected chi connectivity index (χ1v) is 8.05. The maximum atomic E-state index is 13.2. The fraction of sp³-hybridized carbons (Fsp3) is 1.00. The number of rotatable bonds is 1. The second-order valence-electron chi connectivity index (χ2n) is 2.59. The van der Waals surface area contributed by atoms with Crippen LogP contribution in [0.3, 0.4) is 0 Å². The van der Waals surface area contributed by atoms with Gasteiger partial charge < -0.3 is 0 Å². The fourth-order valence-electron chi connectivity index (χ4n) is 0.830. The number of alkyl halides is 3. The van der Waals surface area contributed by atoms with Crippen molar-refractivity contribution in [3.8, 4) is 0 Å². The minimum atomic E-state index is -5.75. The summed E-state index contributed by atoms with van der Waals surface area (Å²) < 4.78 is 88.3. The molecule has 0 aromatic heterocycles. The van der Waals surface area contributed by atoms with Crippen LogP contribution in [0.4, 0.5) is 30.0 Å². The first-order chi connectivity index (χ1) is 6.52. The summed E-state index contributed by atoms with van der Waals surface area (Å²) in [5.41, 5.74) is 0. The predicted octanol–water partition coefficient (Wildman–Crippen LogP) is 4.29. The van der Waals surface area contributed by atoms with E-state index < -0.39 is 36.6 Å². The third-order valence-corrected chi connectivity index (χ3v) is 7.99. The number of nitrogens with zero attached hydrogens (tertiary/aromatic N) is 1. The molecule has 0 saturated carbocycles. The molecule has 0 aliphatic carbocycles. The molecule has 1 aliphatic rings. The van der Waals surface area contributed by atoms with Crippen LogP contribution in [0.5, 0.6) is 0 Å². The summed E-state index contributed by atoms with van der Waals surface area (Å²) in [6, 6.07) is 0. The Hall–Kier alpha value is 0.520. The Labute approximate surface area is 81.7 Å². The van der Waals surface area contributed by atoms with Gasteiger partial charge in [-0.3, -0.25) is 0 Å². The summed E-state index contributed by atoms with van der Waals surface area (Å²) in [6.45, 7) is 0. The summed E-state index contributed by atoms with van der Waals surface area (Å²) in [7, 11) is -14.1. The van der Waals surface area contributed by atoms with E-state index in [1.165, 1.54) is 4.86 Å². The average Bonchev–Trinajstić information content (AvgIpc) is 1.70. The Morgan fingerprint density at radius 1 is 1.33 bits per heavy atom. The van der Waals surface area contributed by atoms with Gasteiger partial charge in [-0.25, -0.2) is 0 Å². The number of hydrogen-bond donors (Lipinski definition) is 2. The van der Waals surface area contributed by atoms with Crippen molar-refractivity contribution in [3.05, 3.63) is 0 Å². The van der Waals surface area contributed by atoms with E-state index in [4.69, 9.17) is 0 Å². The Kier molecular flexibility index (Phi) is 3.69. The molecule has 0 bridgehead atoms. The summed E-state index contributed by atoms with van der Waals surface area (Å²) in [5.74, 6) is 0. The van der Waals surface area contributed by atoms with E-state index in [1.54, 1.807) is 0 Å². The molecule has 0 radical (unpaired) electrons. The van der Waals surface area contributed by atoms with Gasteiger partial charge in [0, 0.05) is 0 Å². The van der Waals surface area contributed by atoms with Gasteiger partial charge in [-0.05, 0) is 0 Å². The van der Waals surface area contributed by atoms with Gasteiger partial charge in [-0.1, -0.05) is 0 Å². The quantitative estimate of drug-likeness (QED) is 0.559. The van der Waals surface area contributed by atoms with Gasteiger partial charge in [0.15, 0.2) is 0 Å². The molecule has 0 amide bonds. The van der Waals surface area contributed by atoms with Crippen LogP contribution in [0.2, 0.25) is 0 Å². The van der Waals surface area contributed by atoms with Crippen LogP contribution in [0, 0.1) is 0 Å². The molecule has 1 heterocycles. The zero-order valence-corrected chi connectivity index (χ0v) is 9.48. The molecule has 13 heteroatoms. The molecule has 2 unspecified atom stereocenters. The van der Waals surface area contributed by atoms with Crippen molar-refractivity contribution in [2.75, 3.05) is 6.16 Å². The molecule has 15 heavy (non-hydrogen) atoms. The zero-order chi connectivity index (χ0) is 11.9. The summed E-state index contributed by atoms with van der Waals surface area (Å²) in [5, 5.41) is 0. The van der Waals surface area contributed by atoms with E-state index in [0.29, 0.717) is 0 Å². The van der Waals surface area contributed by atoms with Crippen LogP contribution in [-0.2, 0) is 0 Å². The van der Waals surface area contributed by atoms with Gasteiger partial charge in [-0.15, -0.1) is 0 Å². The second-order valence-corrected chi connectivity index (χ2v) is 8.40. The van der Waals surface area contributed by atoms with Gasteiger partial charge in [0.2, 0.25) is 0 Å². The number of halogens is 7. The van der Waals surface area contributed by atoms with Crippen molar-refractivity contribution in [2.45, 2.75) is 6.18 Å². The van der Waals surface area contributed by atoms with Gasteiger partial charge in [0.25, 0.3) is 0 Å². The third kappa shape index (κ3) is 4.49. The number of hydrogen-bond acceptors (Lipinski definition) is 3. The van der Waals surface area contributed by atoms with Crippen LogP contribution in [-0.4, -0.2) is 12.3 Å². The van der Waals surface area contributed by atoms with Crippen molar-refractivity contribution in [1.29, 1.82) is 0 Å². The van der Waals surface area contributed by atoms with E-state index in [-0.39, 0.29) is 0 Å². The normalized spacial score (nSPS) is 38.2. The topological polar surface area (TPSA) is 36.4 Å². The molecule has 1 aliphatic heterocycles. The monoisotopic (exact) mass is 297 g/mol. The van der Waals surface area contributed by atoms with Crippen LogP contribution >= 0.6 is 24.2 Å². The second kappa shape index (κ2) is 4.08. The van der Waals surface area contributed by atoms with Crippen molar-refractivity contribution in [2.24, 2.45) is 4.52 Å². The third-order valence-electron chi connectivity index (χ3n) is 1.15. The van der Waals surface area contributed by atoms with Gasteiger partial charge in [0.1, 0.15) is 0 Å². The Morgan fingerprint density at radius 3 is 2.27 bits per heavy atom. The number of nitrogens with one attached hydrogen (secondary N) is 2. The Morgan fingerprint density at radius 2 is 1.87 bits per heavy atom. The first kappa shape index (κ1) is 13.6. The van der Waals surface area contributed by atoms with E-state index in [1.807, 2.05) is 0 Å². The molecule has 0 spiro atoms. The summed E-state index contributed by atoms with van der Waals surface area (Å²) in [4.78, 5) is 2.25. The van der Waals surface area contributed by atoms with Gasteiger partial charge in [-0.2, -0.15) is 0 Å². The van der Waals surface area contributed by atoms with Crippen LogP contribution in [0.15, 0.2) is 4.52 Å². The maximum absolute atomic E-state index is 13.2. The van der Waals surface area contributed by atoms with Crippen molar-refractivity contribution >= 4 is 24.2 Å². The minimum absolute atomic E-state index is 1.04. The van der Waals surface area contributed by atoms with E-state index in [0.717, 1.165) is 4.86 Å². The van der Waals surface area contributed by atoms with Crippen molar-refractivity contribution in [3.63, 3.8) is 0 Å². The Balaban J connectivity index is 2.96. The van der Waals surface area contributed by atoms with Gasteiger partial charge in [0.05, 0.1) is 0 Å². The molecule has 92 valence electrons. The molecule has 0 aromatic rings. The van der Waals surface area contributed by atoms with E-state index >= 15 is 0 Å². The molecular weight excluding hydrogens is 292 g/mol. The molecular formula is C2H5F7N3P3. The molecule has 3 nitrogen and oxygen atoms in total. The van der Waals surface area contributed by atoms with Crippen LogP contribution in [0.25, 0.3) is 0 Å².